The predicted molar refractivity (Wildman–Crippen MR) is 59.2 cm³/mol. The second-order valence-electron chi connectivity index (χ2n) is 2.76. The molecule has 2 heteroatoms. The molecule has 0 saturated heterocycles. The molecule has 0 fully saturated rings. The van der Waals surface area contributed by atoms with Crippen molar-refractivity contribution >= 4 is 33.5 Å². The molecule has 0 aliphatic carbocycles. The third-order valence-electron chi connectivity index (χ3n) is 1.94. The van der Waals surface area contributed by atoms with Crippen LogP contribution in [-0.4, -0.2) is 4.98 Å². The predicted octanol–water partition coefficient (Wildman–Crippen LogP) is 3.15. The van der Waals surface area contributed by atoms with E-state index in [9.17, 15) is 0 Å². The molecule has 60 valence electrons. The van der Waals surface area contributed by atoms with Crippen molar-refractivity contribution in [3.63, 3.8) is 0 Å². The number of pyridine rings is 1. The lowest BCUT2D eigenvalue weighted by molar-refractivity contribution is 1.36. The first-order valence-electron chi connectivity index (χ1n) is 3.79. The number of hydrogen-bond acceptors (Lipinski definition) is 1. The van der Waals surface area contributed by atoms with Crippen molar-refractivity contribution in [3.8, 4) is 0 Å². The number of para-hydroxylation sites is 1. The molecule has 0 amide bonds. The first-order chi connectivity index (χ1) is 5.79. The number of benzene rings is 1. The average molecular weight is 269 g/mol. The lowest BCUT2D eigenvalue weighted by Gasteiger charge is -2.01. The Hall–Kier alpha value is -0.640. The minimum absolute atomic E-state index is 1.11. The second kappa shape index (κ2) is 3.01. The molecule has 0 saturated carbocycles. The molecule has 2 rings (SSSR count). The Morgan fingerprint density at radius 1 is 1.25 bits per heavy atom. The summed E-state index contributed by atoms with van der Waals surface area (Å²) in [4.78, 5) is 4.33. The van der Waals surface area contributed by atoms with Crippen LogP contribution in [0.3, 0.4) is 0 Å². The SMILES string of the molecule is Cc1ccnc2c(I)cccc12. The number of nitrogens with zero attached hydrogens (tertiary/aromatic N) is 1. The molecule has 1 aromatic carbocycles. The third-order valence-corrected chi connectivity index (χ3v) is 2.81. The molecule has 0 unspecified atom stereocenters. The van der Waals surface area contributed by atoms with Gasteiger partial charge in [0, 0.05) is 15.2 Å². The van der Waals surface area contributed by atoms with Gasteiger partial charge in [-0.1, -0.05) is 12.1 Å². The van der Waals surface area contributed by atoms with E-state index < -0.39 is 0 Å². The maximum Gasteiger partial charge on any atom is 0.0837 e. The topological polar surface area (TPSA) is 12.9 Å². The lowest BCUT2D eigenvalue weighted by atomic mass is 10.1. The summed E-state index contributed by atoms with van der Waals surface area (Å²) in [5.41, 5.74) is 2.40. The summed E-state index contributed by atoms with van der Waals surface area (Å²) in [6, 6.07) is 8.30. The Kier molecular flexibility index (Phi) is 2.00. The summed E-state index contributed by atoms with van der Waals surface area (Å²) in [6.07, 6.45) is 1.86. The minimum atomic E-state index is 1.11. The number of hydrogen-bond donors (Lipinski definition) is 0. The van der Waals surface area contributed by atoms with Gasteiger partial charge in [0.05, 0.1) is 5.52 Å². The van der Waals surface area contributed by atoms with E-state index in [0.717, 1.165) is 5.52 Å². The van der Waals surface area contributed by atoms with Gasteiger partial charge in [-0.25, -0.2) is 0 Å². The molecule has 0 bridgehead atoms. The fourth-order valence-electron chi connectivity index (χ4n) is 1.28. The summed E-state index contributed by atoms with van der Waals surface area (Å²) in [5.74, 6) is 0. The van der Waals surface area contributed by atoms with Gasteiger partial charge in [0.15, 0.2) is 0 Å². The second-order valence-corrected chi connectivity index (χ2v) is 3.93. The smallest absolute Gasteiger partial charge is 0.0837 e. The van der Waals surface area contributed by atoms with Crippen LogP contribution in [0.15, 0.2) is 30.5 Å². The van der Waals surface area contributed by atoms with Crippen molar-refractivity contribution in [3.05, 3.63) is 39.6 Å². The molecule has 0 aliphatic heterocycles. The van der Waals surface area contributed by atoms with Gasteiger partial charge in [-0.05, 0) is 47.2 Å². The maximum atomic E-state index is 4.33. The Morgan fingerprint density at radius 2 is 2.08 bits per heavy atom. The quantitative estimate of drug-likeness (QED) is 0.669. The highest BCUT2D eigenvalue weighted by Crippen LogP contribution is 2.20. The van der Waals surface area contributed by atoms with Crippen LogP contribution >= 0.6 is 22.6 Å². The highest BCUT2D eigenvalue weighted by Gasteiger charge is 1.99. The van der Waals surface area contributed by atoms with Gasteiger partial charge in [0.1, 0.15) is 0 Å². The van der Waals surface area contributed by atoms with Gasteiger partial charge in [0.2, 0.25) is 0 Å². The van der Waals surface area contributed by atoms with Gasteiger partial charge in [-0.3, -0.25) is 4.98 Å². The van der Waals surface area contributed by atoms with Crippen molar-refractivity contribution in [2.75, 3.05) is 0 Å². The maximum absolute atomic E-state index is 4.33. The van der Waals surface area contributed by atoms with Crippen LogP contribution in [0.2, 0.25) is 0 Å². The van der Waals surface area contributed by atoms with Crippen LogP contribution in [0.1, 0.15) is 5.56 Å². The van der Waals surface area contributed by atoms with Gasteiger partial charge < -0.3 is 0 Å². The molecule has 0 spiro atoms. The standard InChI is InChI=1S/C10H8IN/c1-7-5-6-12-10-8(7)3-2-4-9(10)11/h2-6H,1H3. The van der Waals surface area contributed by atoms with E-state index in [1.165, 1.54) is 14.5 Å². The van der Waals surface area contributed by atoms with E-state index >= 15 is 0 Å². The normalized spacial score (nSPS) is 10.5. The highest BCUT2D eigenvalue weighted by molar-refractivity contribution is 14.1. The van der Waals surface area contributed by atoms with E-state index in [2.05, 4.69) is 52.7 Å². The zero-order valence-electron chi connectivity index (χ0n) is 6.71. The van der Waals surface area contributed by atoms with Crippen molar-refractivity contribution in [2.45, 2.75) is 6.92 Å². The van der Waals surface area contributed by atoms with E-state index in [0.29, 0.717) is 0 Å². The first-order valence-corrected chi connectivity index (χ1v) is 4.87. The number of rotatable bonds is 0. The van der Waals surface area contributed by atoms with Gasteiger partial charge in [-0.2, -0.15) is 0 Å². The summed E-state index contributed by atoms with van der Waals surface area (Å²) in [6.45, 7) is 2.11. The number of aromatic nitrogens is 1. The molecule has 0 N–H and O–H groups in total. The molecule has 0 radical (unpaired) electrons. The van der Waals surface area contributed by atoms with Crippen molar-refractivity contribution in [1.82, 2.24) is 4.98 Å². The van der Waals surface area contributed by atoms with Crippen LogP contribution in [-0.2, 0) is 0 Å². The molecule has 2 aromatic rings. The summed E-state index contributed by atoms with van der Waals surface area (Å²) >= 11 is 2.31. The number of halogens is 1. The molecule has 12 heavy (non-hydrogen) atoms. The molecular formula is C10H8IN. The molecule has 0 atom stereocenters. The van der Waals surface area contributed by atoms with Gasteiger partial charge in [-0.15, -0.1) is 0 Å². The van der Waals surface area contributed by atoms with E-state index in [1.54, 1.807) is 0 Å². The fourth-order valence-corrected chi connectivity index (χ4v) is 1.92. The highest BCUT2D eigenvalue weighted by atomic mass is 127. The minimum Gasteiger partial charge on any atom is -0.255 e. The molecule has 1 nitrogen and oxygen atoms in total. The van der Waals surface area contributed by atoms with Crippen molar-refractivity contribution in [1.29, 1.82) is 0 Å². The fraction of sp³-hybridized carbons (Fsp3) is 0.100. The monoisotopic (exact) mass is 269 g/mol. The molecular weight excluding hydrogens is 261 g/mol. The summed E-state index contributed by atoms with van der Waals surface area (Å²) < 4.78 is 1.22. The van der Waals surface area contributed by atoms with Gasteiger partial charge >= 0.3 is 0 Å². The molecule has 0 aliphatic rings. The Morgan fingerprint density at radius 3 is 2.83 bits per heavy atom. The average Bonchev–Trinajstić information content (AvgIpc) is 2.07. The molecule has 1 heterocycles. The van der Waals surface area contributed by atoms with Crippen LogP contribution in [0.25, 0.3) is 10.9 Å². The zero-order chi connectivity index (χ0) is 8.55. The van der Waals surface area contributed by atoms with Crippen LogP contribution in [0.5, 0.6) is 0 Å². The van der Waals surface area contributed by atoms with E-state index in [4.69, 9.17) is 0 Å². The largest absolute Gasteiger partial charge is 0.255 e. The van der Waals surface area contributed by atoms with E-state index in [-0.39, 0.29) is 0 Å². The van der Waals surface area contributed by atoms with Crippen molar-refractivity contribution in [2.24, 2.45) is 0 Å². The summed E-state index contributed by atoms with van der Waals surface area (Å²) in [5, 5.41) is 1.25. The number of aryl methyl sites for hydroxylation is 1. The zero-order valence-corrected chi connectivity index (χ0v) is 8.87. The number of fused-ring (bicyclic) bond motifs is 1. The summed E-state index contributed by atoms with van der Waals surface area (Å²) in [7, 11) is 0. The van der Waals surface area contributed by atoms with Gasteiger partial charge in [0.25, 0.3) is 0 Å². The van der Waals surface area contributed by atoms with Crippen LogP contribution in [0, 0.1) is 10.5 Å². The first kappa shape index (κ1) is 7.98. The Labute approximate surface area is 85.0 Å². The molecule has 1 aromatic heterocycles. The van der Waals surface area contributed by atoms with Crippen LogP contribution < -0.4 is 0 Å². The van der Waals surface area contributed by atoms with E-state index in [1.807, 2.05) is 12.3 Å². The Balaban J connectivity index is 2.94. The Bertz CT molecular complexity index is 382. The third kappa shape index (κ3) is 1.20. The van der Waals surface area contributed by atoms with Crippen LogP contribution in [0.4, 0.5) is 0 Å². The van der Waals surface area contributed by atoms with Crippen molar-refractivity contribution < 1.29 is 0 Å². The lowest BCUT2D eigenvalue weighted by Crippen LogP contribution is -1.84.